The smallest absolute Gasteiger partial charge is 0.0702 e. The van der Waals surface area contributed by atoms with Gasteiger partial charge in [0.2, 0.25) is 0 Å². The van der Waals surface area contributed by atoms with Gasteiger partial charge < -0.3 is 15.0 Å². The molecular weight excluding hydrogens is 212 g/mol. The predicted octanol–water partition coefficient (Wildman–Crippen LogP) is 1.63. The molecule has 1 aliphatic carbocycles. The molecule has 3 fully saturated rings. The van der Waals surface area contributed by atoms with Crippen molar-refractivity contribution in [3.05, 3.63) is 0 Å². The van der Waals surface area contributed by atoms with Crippen molar-refractivity contribution < 1.29 is 4.74 Å². The Hall–Kier alpha value is -0.120. The van der Waals surface area contributed by atoms with Crippen LogP contribution in [0.15, 0.2) is 0 Å². The summed E-state index contributed by atoms with van der Waals surface area (Å²) in [5.41, 5.74) is 0. The zero-order chi connectivity index (χ0) is 11.5. The van der Waals surface area contributed by atoms with E-state index < -0.39 is 0 Å². The summed E-state index contributed by atoms with van der Waals surface area (Å²) in [6.45, 7) is 5.97. The van der Waals surface area contributed by atoms with Crippen LogP contribution in [-0.4, -0.2) is 49.8 Å². The molecule has 0 aromatic carbocycles. The fourth-order valence-electron chi connectivity index (χ4n) is 3.05. The van der Waals surface area contributed by atoms with Gasteiger partial charge in [-0.05, 0) is 64.1 Å². The van der Waals surface area contributed by atoms with E-state index in [4.69, 9.17) is 4.74 Å². The second kappa shape index (κ2) is 5.68. The Morgan fingerprint density at radius 2 is 1.88 bits per heavy atom. The Morgan fingerprint density at radius 1 is 1.06 bits per heavy atom. The summed E-state index contributed by atoms with van der Waals surface area (Å²) in [4.78, 5) is 2.60. The molecule has 0 radical (unpaired) electrons. The molecule has 1 saturated carbocycles. The van der Waals surface area contributed by atoms with Gasteiger partial charge in [-0.15, -0.1) is 0 Å². The van der Waals surface area contributed by atoms with Crippen molar-refractivity contribution in [3.63, 3.8) is 0 Å². The van der Waals surface area contributed by atoms with E-state index in [1.165, 1.54) is 64.7 Å². The summed E-state index contributed by atoms with van der Waals surface area (Å²) in [5, 5.41) is 3.74. The zero-order valence-electron chi connectivity index (χ0n) is 10.9. The lowest BCUT2D eigenvalue weighted by Crippen LogP contribution is -2.45. The Labute approximate surface area is 105 Å². The average Bonchev–Trinajstić information content (AvgIpc) is 3.05. The number of ether oxygens (including phenoxy) is 1. The van der Waals surface area contributed by atoms with Crippen molar-refractivity contribution in [2.24, 2.45) is 5.92 Å². The lowest BCUT2D eigenvalue weighted by Gasteiger charge is -2.33. The molecule has 3 rings (SSSR count). The van der Waals surface area contributed by atoms with Gasteiger partial charge in [0.15, 0.2) is 0 Å². The highest BCUT2D eigenvalue weighted by atomic mass is 16.5. The summed E-state index contributed by atoms with van der Waals surface area (Å²) in [6, 6.07) is 0.788. The molecule has 1 N–H and O–H groups in total. The Balaban J connectivity index is 1.31. The van der Waals surface area contributed by atoms with Gasteiger partial charge in [-0.3, -0.25) is 0 Å². The second-order valence-corrected chi connectivity index (χ2v) is 6.06. The lowest BCUT2D eigenvalue weighted by molar-refractivity contribution is 0.0627. The van der Waals surface area contributed by atoms with Gasteiger partial charge in [0.05, 0.1) is 6.10 Å². The van der Waals surface area contributed by atoms with E-state index in [0.29, 0.717) is 6.10 Å². The predicted molar refractivity (Wildman–Crippen MR) is 69.2 cm³/mol. The molecule has 2 aliphatic heterocycles. The van der Waals surface area contributed by atoms with Gasteiger partial charge in [-0.1, -0.05) is 0 Å². The molecule has 3 aliphatic rings. The molecular formula is C14H26N2O. The number of piperidine rings is 1. The second-order valence-electron chi connectivity index (χ2n) is 6.06. The lowest BCUT2D eigenvalue weighted by atomic mass is 10.0. The van der Waals surface area contributed by atoms with Crippen LogP contribution in [0.2, 0.25) is 0 Å². The standard InChI is InChI=1S/C14H26N2O/c1-2-14(17-9-1)11-16-7-5-13(6-8-16)15-10-12-3-4-12/h12-15H,1-11H2. The number of nitrogens with one attached hydrogen (secondary N) is 1. The molecule has 3 heteroatoms. The number of hydrogen-bond donors (Lipinski definition) is 1. The number of hydrogen-bond acceptors (Lipinski definition) is 3. The highest BCUT2D eigenvalue weighted by Gasteiger charge is 2.26. The van der Waals surface area contributed by atoms with E-state index >= 15 is 0 Å². The highest BCUT2D eigenvalue weighted by molar-refractivity contribution is 4.82. The summed E-state index contributed by atoms with van der Waals surface area (Å²) < 4.78 is 5.71. The van der Waals surface area contributed by atoms with E-state index in [9.17, 15) is 0 Å². The minimum Gasteiger partial charge on any atom is -0.377 e. The van der Waals surface area contributed by atoms with E-state index in [0.717, 1.165) is 18.6 Å². The Bertz CT molecular complexity index is 228. The average molecular weight is 238 g/mol. The number of rotatable bonds is 5. The van der Waals surface area contributed by atoms with Crippen LogP contribution in [0.3, 0.4) is 0 Å². The van der Waals surface area contributed by atoms with Gasteiger partial charge in [-0.25, -0.2) is 0 Å². The van der Waals surface area contributed by atoms with Crippen LogP contribution in [0, 0.1) is 5.92 Å². The van der Waals surface area contributed by atoms with Crippen molar-refractivity contribution in [1.29, 1.82) is 0 Å². The fourth-order valence-corrected chi connectivity index (χ4v) is 3.05. The van der Waals surface area contributed by atoms with Gasteiger partial charge in [0.25, 0.3) is 0 Å². The van der Waals surface area contributed by atoms with Gasteiger partial charge >= 0.3 is 0 Å². The normalized spacial score (nSPS) is 32.1. The topological polar surface area (TPSA) is 24.5 Å². The van der Waals surface area contributed by atoms with Crippen molar-refractivity contribution in [3.8, 4) is 0 Å². The quantitative estimate of drug-likeness (QED) is 0.788. The summed E-state index contributed by atoms with van der Waals surface area (Å²) in [7, 11) is 0. The SMILES string of the molecule is C1COC(CN2CCC(NCC3CC3)CC2)C1. The van der Waals surface area contributed by atoms with E-state index in [2.05, 4.69) is 10.2 Å². The van der Waals surface area contributed by atoms with E-state index in [1.807, 2.05) is 0 Å². The summed E-state index contributed by atoms with van der Waals surface area (Å²) in [5.74, 6) is 1.01. The Kier molecular flexibility index (Phi) is 3.99. The van der Waals surface area contributed by atoms with Crippen LogP contribution in [0.5, 0.6) is 0 Å². The molecule has 1 unspecified atom stereocenters. The van der Waals surface area contributed by atoms with Crippen LogP contribution < -0.4 is 5.32 Å². The van der Waals surface area contributed by atoms with Crippen molar-refractivity contribution in [2.75, 3.05) is 32.8 Å². The molecule has 0 aromatic rings. The Morgan fingerprint density at radius 3 is 2.53 bits per heavy atom. The minimum atomic E-state index is 0.533. The fraction of sp³-hybridized carbons (Fsp3) is 1.00. The monoisotopic (exact) mass is 238 g/mol. The number of nitrogens with zero attached hydrogens (tertiary/aromatic N) is 1. The molecule has 17 heavy (non-hydrogen) atoms. The van der Waals surface area contributed by atoms with Crippen LogP contribution in [-0.2, 0) is 4.74 Å². The highest BCUT2D eigenvalue weighted by Crippen LogP contribution is 2.28. The molecule has 1 atom stereocenters. The maximum atomic E-state index is 5.71. The third-order valence-corrected chi connectivity index (χ3v) is 4.47. The van der Waals surface area contributed by atoms with Gasteiger partial charge in [0.1, 0.15) is 0 Å². The van der Waals surface area contributed by atoms with Crippen molar-refractivity contribution >= 4 is 0 Å². The van der Waals surface area contributed by atoms with Crippen LogP contribution >= 0.6 is 0 Å². The molecule has 2 saturated heterocycles. The van der Waals surface area contributed by atoms with Gasteiger partial charge in [0, 0.05) is 19.2 Å². The summed E-state index contributed by atoms with van der Waals surface area (Å²) >= 11 is 0. The number of likely N-dealkylation sites (tertiary alicyclic amines) is 1. The maximum absolute atomic E-state index is 5.71. The molecule has 98 valence electrons. The molecule has 0 aromatic heterocycles. The minimum absolute atomic E-state index is 0.533. The molecule has 0 spiro atoms. The van der Waals surface area contributed by atoms with E-state index in [1.54, 1.807) is 0 Å². The van der Waals surface area contributed by atoms with Crippen LogP contribution in [0.25, 0.3) is 0 Å². The zero-order valence-corrected chi connectivity index (χ0v) is 10.9. The molecule has 0 amide bonds. The molecule has 2 heterocycles. The van der Waals surface area contributed by atoms with Gasteiger partial charge in [-0.2, -0.15) is 0 Å². The third kappa shape index (κ3) is 3.67. The van der Waals surface area contributed by atoms with Crippen LogP contribution in [0.4, 0.5) is 0 Å². The first-order valence-corrected chi connectivity index (χ1v) is 7.47. The third-order valence-electron chi connectivity index (χ3n) is 4.47. The molecule has 3 nitrogen and oxygen atoms in total. The largest absolute Gasteiger partial charge is 0.377 e. The first kappa shape index (κ1) is 11.9. The van der Waals surface area contributed by atoms with E-state index in [-0.39, 0.29) is 0 Å². The summed E-state index contributed by atoms with van der Waals surface area (Å²) in [6.07, 6.45) is 8.67. The van der Waals surface area contributed by atoms with Crippen molar-refractivity contribution in [1.82, 2.24) is 10.2 Å². The first-order valence-electron chi connectivity index (χ1n) is 7.47. The van der Waals surface area contributed by atoms with Crippen molar-refractivity contribution in [2.45, 2.75) is 50.7 Å². The molecule has 0 bridgehead atoms. The van der Waals surface area contributed by atoms with Crippen LogP contribution in [0.1, 0.15) is 38.5 Å². The first-order chi connectivity index (χ1) is 8.40. The maximum Gasteiger partial charge on any atom is 0.0702 e.